The second kappa shape index (κ2) is 3.95. The predicted octanol–water partition coefficient (Wildman–Crippen LogP) is 0.374. The van der Waals surface area contributed by atoms with Crippen molar-refractivity contribution in [2.75, 3.05) is 26.9 Å². The maximum atomic E-state index is 11.6. The van der Waals surface area contributed by atoms with Crippen LogP contribution in [0.5, 0.6) is 5.88 Å². The van der Waals surface area contributed by atoms with Gasteiger partial charge in [-0.2, -0.15) is 4.98 Å². The quantitative estimate of drug-likeness (QED) is 0.740. The third kappa shape index (κ3) is 1.93. The molecule has 0 aliphatic rings. The number of carbonyl (C=O) groups is 1. The van der Waals surface area contributed by atoms with Gasteiger partial charge < -0.3 is 15.4 Å². The Morgan fingerprint density at radius 1 is 1.50 bits per heavy atom. The molecule has 1 aromatic rings. The van der Waals surface area contributed by atoms with E-state index in [-0.39, 0.29) is 11.8 Å². The van der Waals surface area contributed by atoms with Gasteiger partial charge >= 0.3 is 0 Å². The van der Waals surface area contributed by atoms with E-state index in [0.717, 1.165) is 0 Å². The number of pyridine rings is 1. The van der Waals surface area contributed by atoms with Gasteiger partial charge in [-0.15, -0.1) is 0 Å². The van der Waals surface area contributed by atoms with Gasteiger partial charge in [0, 0.05) is 14.1 Å². The second-order valence-corrected chi connectivity index (χ2v) is 2.99. The number of amides is 1. The van der Waals surface area contributed by atoms with E-state index in [2.05, 4.69) is 4.98 Å². The number of carbonyl (C=O) groups excluding carboxylic acids is 1. The maximum absolute atomic E-state index is 11.6. The van der Waals surface area contributed by atoms with Crippen LogP contribution in [-0.2, 0) is 0 Å². The first kappa shape index (κ1) is 10.3. The van der Waals surface area contributed by atoms with Crippen molar-refractivity contribution in [2.45, 2.75) is 0 Å². The number of hydrogen-bond donors (Lipinski definition) is 1. The molecular formula is C9H13N3O2. The molecule has 0 spiro atoms. The van der Waals surface area contributed by atoms with Crippen molar-refractivity contribution >= 4 is 11.7 Å². The normalized spacial score (nSPS) is 9.64. The Morgan fingerprint density at radius 3 is 2.64 bits per heavy atom. The molecular weight excluding hydrogens is 182 g/mol. The van der Waals surface area contributed by atoms with Gasteiger partial charge in [0.25, 0.3) is 5.91 Å². The summed E-state index contributed by atoms with van der Waals surface area (Å²) < 4.78 is 4.96. The summed E-state index contributed by atoms with van der Waals surface area (Å²) in [5.41, 5.74) is 5.87. The van der Waals surface area contributed by atoms with Gasteiger partial charge in [-0.05, 0) is 12.1 Å². The first-order valence-electron chi connectivity index (χ1n) is 4.08. The van der Waals surface area contributed by atoms with E-state index >= 15 is 0 Å². The number of rotatable bonds is 2. The number of aromatic nitrogens is 1. The lowest BCUT2D eigenvalue weighted by atomic mass is 10.2. The van der Waals surface area contributed by atoms with Gasteiger partial charge in [-0.1, -0.05) is 0 Å². The predicted molar refractivity (Wildman–Crippen MR) is 53.2 cm³/mol. The van der Waals surface area contributed by atoms with Crippen LogP contribution in [0.4, 0.5) is 5.82 Å². The summed E-state index contributed by atoms with van der Waals surface area (Å²) in [5, 5.41) is 0. The first-order chi connectivity index (χ1) is 6.56. The maximum Gasteiger partial charge on any atom is 0.258 e. The van der Waals surface area contributed by atoms with E-state index < -0.39 is 0 Å². The molecule has 0 bridgehead atoms. The Labute approximate surface area is 82.5 Å². The van der Waals surface area contributed by atoms with E-state index in [4.69, 9.17) is 10.5 Å². The van der Waals surface area contributed by atoms with Crippen LogP contribution in [0.25, 0.3) is 0 Å². The Hall–Kier alpha value is -1.78. The largest absolute Gasteiger partial charge is 0.480 e. The Bertz CT molecular complexity index is 350. The van der Waals surface area contributed by atoms with Crippen LogP contribution in [-0.4, -0.2) is 37.0 Å². The molecule has 14 heavy (non-hydrogen) atoms. The molecule has 0 aromatic carbocycles. The molecule has 0 aliphatic carbocycles. The Kier molecular flexibility index (Phi) is 2.91. The second-order valence-electron chi connectivity index (χ2n) is 2.99. The van der Waals surface area contributed by atoms with Crippen LogP contribution in [0, 0.1) is 0 Å². The van der Waals surface area contributed by atoms with E-state index in [0.29, 0.717) is 11.4 Å². The number of ether oxygens (including phenoxy) is 1. The van der Waals surface area contributed by atoms with Crippen molar-refractivity contribution in [3.63, 3.8) is 0 Å². The zero-order valence-corrected chi connectivity index (χ0v) is 8.44. The van der Waals surface area contributed by atoms with Crippen molar-refractivity contribution in [3.05, 3.63) is 17.7 Å². The smallest absolute Gasteiger partial charge is 0.258 e. The highest BCUT2D eigenvalue weighted by Gasteiger charge is 2.15. The Balaban J connectivity index is 3.14. The van der Waals surface area contributed by atoms with Crippen molar-refractivity contribution in [1.82, 2.24) is 9.88 Å². The highest BCUT2D eigenvalue weighted by atomic mass is 16.5. The van der Waals surface area contributed by atoms with E-state index in [1.165, 1.54) is 12.0 Å². The van der Waals surface area contributed by atoms with Gasteiger partial charge in [0.1, 0.15) is 11.4 Å². The highest BCUT2D eigenvalue weighted by Crippen LogP contribution is 2.17. The molecule has 0 saturated carbocycles. The minimum Gasteiger partial charge on any atom is -0.480 e. The molecule has 0 saturated heterocycles. The first-order valence-corrected chi connectivity index (χ1v) is 4.08. The van der Waals surface area contributed by atoms with Crippen LogP contribution in [0.3, 0.4) is 0 Å². The summed E-state index contributed by atoms with van der Waals surface area (Å²) in [6, 6.07) is 3.17. The molecule has 5 heteroatoms. The van der Waals surface area contributed by atoms with Crippen LogP contribution >= 0.6 is 0 Å². The number of hydrogen-bond acceptors (Lipinski definition) is 4. The zero-order valence-electron chi connectivity index (χ0n) is 8.44. The van der Waals surface area contributed by atoms with Crippen molar-refractivity contribution in [1.29, 1.82) is 0 Å². The van der Waals surface area contributed by atoms with Crippen molar-refractivity contribution in [2.24, 2.45) is 0 Å². The van der Waals surface area contributed by atoms with Crippen LogP contribution in [0.15, 0.2) is 12.1 Å². The fourth-order valence-electron chi connectivity index (χ4n) is 1.01. The average Bonchev–Trinajstić information content (AvgIpc) is 2.16. The number of anilines is 1. The van der Waals surface area contributed by atoms with E-state index in [9.17, 15) is 4.79 Å². The zero-order chi connectivity index (χ0) is 10.7. The molecule has 5 nitrogen and oxygen atoms in total. The molecule has 1 amide bonds. The lowest BCUT2D eigenvalue weighted by Gasteiger charge is -2.12. The standard InChI is InChI=1S/C9H13N3O2/c1-12(2)9(13)6-4-5-7(10)11-8(6)14-3/h4-5H,1-3H3,(H2,10,11). The van der Waals surface area contributed by atoms with Gasteiger partial charge in [0.15, 0.2) is 0 Å². The molecule has 0 aliphatic heterocycles. The fraction of sp³-hybridized carbons (Fsp3) is 0.333. The SMILES string of the molecule is COc1nc(N)ccc1C(=O)N(C)C. The number of nitrogen functional groups attached to an aromatic ring is 1. The van der Waals surface area contributed by atoms with Gasteiger partial charge in [0.05, 0.1) is 7.11 Å². The summed E-state index contributed by atoms with van der Waals surface area (Å²) >= 11 is 0. The fourth-order valence-corrected chi connectivity index (χ4v) is 1.01. The number of methoxy groups -OCH3 is 1. The molecule has 0 atom stereocenters. The van der Waals surface area contributed by atoms with Crippen molar-refractivity contribution in [3.8, 4) is 5.88 Å². The average molecular weight is 195 g/mol. The van der Waals surface area contributed by atoms with Crippen LogP contribution in [0.2, 0.25) is 0 Å². The molecule has 1 aromatic heterocycles. The third-order valence-corrected chi connectivity index (χ3v) is 1.71. The molecule has 76 valence electrons. The van der Waals surface area contributed by atoms with Gasteiger partial charge in [0.2, 0.25) is 5.88 Å². The lowest BCUT2D eigenvalue weighted by Crippen LogP contribution is -2.22. The summed E-state index contributed by atoms with van der Waals surface area (Å²) in [7, 11) is 4.78. The number of nitrogens with two attached hydrogens (primary N) is 1. The molecule has 0 unspecified atom stereocenters. The van der Waals surface area contributed by atoms with Crippen LogP contribution < -0.4 is 10.5 Å². The molecule has 1 heterocycles. The number of nitrogens with zero attached hydrogens (tertiary/aromatic N) is 2. The molecule has 0 fully saturated rings. The van der Waals surface area contributed by atoms with Gasteiger partial charge in [-0.25, -0.2) is 0 Å². The summed E-state index contributed by atoms with van der Waals surface area (Å²) in [6.07, 6.45) is 0. The van der Waals surface area contributed by atoms with E-state index in [1.807, 2.05) is 0 Å². The summed E-state index contributed by atoms with van der Waals surface area (Å²) in [4.78, 5) is 17.0. The lowest BCUT2D eigenvalue weighted by molar-refractivity contribution is 0.0823. The summed E-state index contributed by atoms with van der Waals surface area (Å²) in [6.45, 7) is 0. The summed E-state index contributed by atoms with van der Waals surface area (Å²) in [5.74, 6) is 0.426. The Morgan fingerprint density at radius 2 is 2.14 bits per heavy atom. The molecule has 2 N–H and O–H groups in total. The molecule has 1 rings (SSSR count). The minimum absolute atomic E-state index is 0.158. The van der Waals surface area contributed by atoms with Crippen LogP contribution in [0.1, 0.15) is 10.4 Å². The topological polar surface area (TPSA) is 68.5 Å². The minimum atomic E-state index is -0.158. The highest BCUT2D eigenvalue weighted by molar-refractivity contribution is 5.96. The van der Waals surface area contributed by atoms with Crippen molar-refractivity contribution < 1.29 is 9.53 Å². The monoisotopic (exact) mass is 195 g/mol. The van der Waals surface area contributed by atoms with Gasteiger partial charge in [-0.3, -0.25) is 4.79 Å². The third-order valence-electron chi connectivity index (χ3n) is 1.71. The van der Waals surface area contributed by atoms with E-state index in [1.54, 1.807) is 26.2 Å². The molecule has 0 radical (unpaired) electrons.